The van der Waals surface area contributed by atoms with Gasteiger partial charge in [-0.3, -0.25) is 4.79 Å². The molecule has 0 bridgehead atoms. The first-order chi connectivity index (χ1) is 9.79. The van der Waals surface area contributed by atoms with Crippen molar-refractivity contribution in [3.63, 3.8) is 0 Å². The van der Waals surface area contributed by atoms with Crippen molar-refractivity contribution in [1.29, 1.82) is 0 Å². The van der Waals surface area contributed by atoms with Gasteiger partial charge in [-0.1, -0.05) is 18.2 Å². The first-order valence-electron chi connectivity index (χ1n) is 6.20. The summed E-state index contributed by atoms with van der Waals surface area (Å²) in [5.41, 5.74) is -0.645. The molecule has 0 unspecified atom stereocenters. The van der Waals surface area contributed by atoms with E-state index in [1.165, 1.54) is 12.1 Å². The lowest BCUT2D eigenvalue weighted by molar-refractivity contribution is 0.0690. The second-order valence-electron chi connectivity index (χ2n) is 4.71. The second kappa shape index (κ2) is 5.65. The van der Waals surface area contributed by atoms with Crippen LogP contribution in [0.5, 0.6) is 0 Å². The summed E-state index contributed by atoms with van der Waals surface area (Å²) in [5, 5.41) is 13.5. The molecule has 1 aromatic carbocycles. The number of hydrogen-bond donors (Lipinski definition) is 1. The van der Waals surface area contributed by atoms with Crippen LogP contribution in [0.3, 0.4) is 0 Å². The predicted octanol–water partition coefficient (Wildman–Crippen LogP) is 0.529. The van der Waals surface area contributed by atoms with E-state index >= 15 is 0 Å². The smallest absolute Gasteiger partial charge is 0.357 e. The molecule has 0 aliphatic carbocycles. The Bertz CT molecular complexity index is 854. The van der Waals surface area contributed by atoms with Gasteiger partial charge in [0.2, 0.25) is 0 Å². The van der Waals surface area contributed by atoms with Gasteiger partial charge >= 0.3 is 5.97 Å². The summed E-state index contributed by atoms with van der Waals surface area (Å²) < 4.78 is 23.2. The Kier molecular flexibility index (Phi) is 4.08. The zero-order chi connectivity index (χ0) is 15.6. The topological polar surface area (TPSA) is 106 Å². The number of hydrogen-bond acceptors (Lipinski definition) is 5. The third kappa shape index (κ3) is 3.46. The molecule has 7 nitrogen and oxygen atoms in total. The van der Waals surface area contributed by atoms with Gasteiger partial charge in [0.1, 0.15) is 9.84 Å². The molecule has 0 fully saturated rings. The fraction of sp³-hybridized carbons (Fsp3) is 0.308. The number of aromatic carboxylic acids is 1. The zero-order valence-corrected chi connectivity index (χ0v) is 12.1. The maximum absolute atomic E-state index is 12.2. The maximum Gasteiger partial charge on any atom is 0.357 e. The largest absolute Gasteiger partial charge is 0.476 e. The van der Waals surface area contributed by atoms with Crippen molar-refractivity contribution in [3.05, 3.63) is 40.3 Å². The molecule has 112 valence electrons. The van der Waals surface area contributed by atoms with E-state index in [0.29, 0.717) is 0 Å². The van der Waals surface area contributed by atoms with E-state index < -0.39 is 21.4 Å². The standard InChI is InChI=1S/C13H14N2O5S/c1-21(19,20)8-4-7-15-12(16)10-6-3-2-5-9(10)11(14-15)13(17)18/h2-3,5-6H,4,7-8H2,1H3,(H,17,18). The molecule has 0 saturated carbocycles. The van der Waals surface area contributed by atoms with Gasteiger partial charge in [-0.2, -0.15) is 5.10 Å². The molecule has 1 N–H and O–H groups in total. The Morgan fingerprint density at radius 1 is 1.29 bits per heavy atom. The minimum absolute atomic E-state index is 0.0526. The highest BCUT2D eigenvalue weighted by Gasteiger charge is 2.15. The van der Waals surface area contributed by atoms with Crippen molar-refractivity contribution in [3.8, 4) is 0 Å². The number of rotatable bonds is 5. The van der Waals surface area contributed by atoms with E-state index in [4.69, 9.17) is 0 Å². The van der Waals surface area contributed by atoms with Gasteiger partial charge in [0.05, 0.1) is 11.1 Å². The lowest BCUT2D eigenvalue weighted by Crippen LogP contribution is -2.26. The molecular weight excluding hydrogens is 296 g/mol. The number of fused-ring (bicyclic) bond motifs is 1. The third-order valence-corrected chi connectivity index (χ3v) is 3.99. The van der Waals surface area contributed by atoms with Crippen molar-refractivity contribution in [1.82, 2.24) is 9.78 Å². The highest BCUT2D eigenvalue weighted by molar-refractivity contribution is 7.90. The van der Waals surface area contributed by atoms with Crippen LogP contribution in [0.2, 0.25) is 0 Å². The summed E-state index contributed by atoms with van der Waals surface area (Å²) in [7, 11) is -3.14. The van der Waals surface area contributed by atoms with E-state index in [1.54, 1.807) is 12.1 Å². The average Bonchev–Trinajstić information content (AvgIpc) is 2.40. The Balaban J connectivity index is 2.47. The van der Waals surface area contributed by atoms with Crippen LogP contribution in [0.1, 0.15) is 16.9 Å². The van der Waals surface area contributed by atoms with E-state index in [0.717, 1.165) is 10.9 Å². The Labute approximate surface area is 120 Å². The van der Waals surface area contributed by atoms with Gasteiger partial charge in [-0.25, -0.2) is 17.9 Å². The molecule has 0 amide bonds. The van der Waals surface area contributed by atoms with Crippen LogP contribution in [-0.2, 0) is 16.4 Å². The van der Waals surface area contributed by atoms with Crippen LogP contribution in [0.15, 0.2) is 29.1 Å². The SMILES string of the molecule is CS(=O)(=O)CCCn1nc(C(=O)O)c2ccccc2c1=O. The first-order valence-corrected chi connectivity index (χ1v) is 8.26. The first kappa shape index (κ1) is 15.2. The van der Waals surface area contributed by atoms with Crippen molar-refractivity contribution < 1.29 is 18.3 Å². The number of benzene rings is 1. The van der Waals surface area contributed by atoms with Gasteiger partial charge in [0, 0.05) is 18.2 Å². The molecule has 1 heterocycles. The number of carbonyl (C=O) groups is 1. The van der Waals surface area contributed by atoms with Gasteiger partial charge in [0.25, 0.3) is 5.56 Å². The highest BCUT2D eigenvalue weighted by atomic mass is 32.2. The van der Waals surface area contributed by atoms with E-state index in [-0.39, 0.29) is 35.2 Å². The molecule has 2 rings (SSSR count). The molecule has 8 heteroatoms. The van der Waals surface area contributed by atoms with Crippen molar-refractivity contribution in [2.24, 2.45) is 0 Å². The van der Waals surface area contributed by atoms with Crippen LogP contribution in [0.4, 0.5) is 0 Å². The van der Waals surface area contributed by atoms with Crippen LogP contribution in [-0.4, -0.2) is 41.3 Å². The minimum Gasteiger partial charge on any atom is -0.476 e. The summed E-state index contributed by atoms with van der Waals surface area (Å²) in [6.45, 7) is 0.0526. The molecule has 0 aliphatic heterocycles. The molecule has 0 radical (unpaired) electrons. The maximum atomic E-state index is 12.2. The van der Waals surface area contributed by atoms with Gasteiger partial charge in [0.15, 0.2) is 5.69 Å². The molecule has 0 saturated heterocycles. The normalized spacial score (nSPS) is 11.7. The van der Waals surface area contributed by atoms with E-state index in [1.807, 2.05) is 0 Å². The van der Waals surface area contributed by atoms with Gasteiger partial charge < -0.3 is 5.11 Å². The van der Waals surface area contributed by atoms with Crippen molar-refractivity contribution in [2.45, 2.75) is 13.0 Å². The van der Waals surface area contributed by atoms with E-state index in [2.05, 4.69) is 5.10 Å². The lowest BCUT2D eigenvalue weighted by Gasteiger charge is -2.08. The summed E-state index contributed by atoms with van der Waals surface area (Å²) in [5.74, 6) is -1.32. The summed E-state index contributed by atoms with van der Waals surface area (Å²) >= 11 is 0. The quantitative estimate of drug-likeness (QED) is 0.863. The fourth-order valence-electron chi connectivity index (χ4n) is 2.02. The van der Waals surface area contributed by atoms with Crippen LogP contribution >= 0.6 is 0 Å². The number of aryl methyl sites for hydroxylation is 1. The Hall–Kier alpha value is -2.22. The number of carboxylic acid groups (broad SMARTS) is 1. The molecular formula is C13H14N2O5S. The zero-order valence-electron chi connectivity index (χ0n) is 11.3. The van der Waals surface area contributed by atoms with Crippen LogP contribution < -0.4 is 5.56 Å². The summed E-state index contributed by atoms with van der Waals surface area (Å²) in [6.07, 6.45) is 1.30. The molecule has 0 spiro atoms. The molecule has 1 aromatic heterocycles. The van der Waals surface area contributed by atoms with E-state index in [9.17, 15) is 23.1 Å². The molecule has 21 heavy (non-hydrogen) atoms. The van der Waals surface area contributed by atoms with Crippen LogP contribution in [0, 0.1) is 0 Å². The average molecular weight is 310 g/mol. The fourth-order valence-corrected chi connectivity index (χ4v) is 2.67. The van der Waals surface area contributed by atoms with Gasteiger partial charge in [-0.15, -0.1) is 0 Å². The highest BCUT2D eigenvalue weighted by Crippen LogP contribution is 2.13. The third-order valence-electron chi connectivity index (χ3n) is 2.96. The number of sulfone groups is 1. The number of nitrogens with zero attached hydrogens (tertiary/aromatic N) is 2. The van der Waals surface area contributed by atoms with Crippen LogP contribution in [0.25, 0.3) is 10.8 Å². The second-order valence-corrected chi connectivity index (χ2v) is 6.97. The summed E-state index contributed by atoms with van der Waals surface area (Å²) in [6, 6.07) is 6.31. The van der Waals surface area contributed by atoms with Crippen molar-refractivity contribution >= 4 is 26.6 Å². The number of aromatic nitrogens is 2. The summed E-state index contributed by atoms with van der Waals surface area (Å²) in [4.78, 5) is 23.5. The molecule has 2 aromatic rings. The van der Waals surface area contributed by atoms with Gasteiger partial charge in [-0.05, 0) is 12.5 Å². The number of carboxylic acids is 1. The Morgan fingerprint density at radius 3 is 2.48 bits per heavy atom. The predicted molar refractivity (Wildman–Crippen MR) is 77.3 cm³/mol. The van der Waals surface area contributed by atoms with Crippen molar-refractivity contribution in [2.75, 3.05) is 12.0 Å². The molecule has 0 atom stereocenters. The lowest BCUT2D eigenvalue weighted by atomic mass is 10.1. The molecule has 0 aliphatic rings. The Morgan fingerprint density at radius 2 is 1.90 bits per heavy atom. The minimum atomic E-state index is -3.14. The monoisotopic (exact) mass is 310 g/mol.